The van der Waals surface area contributed by atoms with Crippen LogP contribution >= 0.6 is 0 Å². The Kier molecular flexibility index (Phi) is 5.44. The van der Waals surface area contributed by atoms with Gasteiger partial charge in [-0.3, -0.25) is 9.00 Å². The standard InChI is InChI=1S/C17H18FNO2S/c1-13(17(20)19(2)16-9-4-3-5-10-16)22(21)12-14-7-6-8-15(18)11-14/h3-11,13H,12H2,1-2H3/t13-,22-/m1/s1. The highest BCUT2D eigenvalue weighted by Gasteiger charge is 2.24. The molecule has 5 heteroatoms. The second-order valence-corrected chi connectivity index (χ2v) is 6.79. The second kappa shape index (κ2) is 7.31. The first-order valence-corrected chi connectivity index (χ1v) is 8.31. The van der Waals surface area contributed by atoms with Crippen LogP contribution in [0.3, 0.4) is 0 Å². The first-order valence-electron chi connectivity index (χ1n) is 6.93. The zero-order valence-electron chi connectivity index (χ0n) is 12.5. The zero-order chi connectivity index (χ0) is 16.1. The first-order chi connectivity index (χ1) is 10.5. The largest absolute Gasteiger partial charge is 0.314 e. The van der Waals surface area contributed by atoms with Crippen LogP contribution in [0.1, 0.15) is 12.5 Å². The molecule has 2 aromatic rings. The third-order valence-corrected chi connectivity index (χ3v) is 5.02. The molecule has 0 saturated carbocycles. The number of amides is 1. The average molecular weight is 319 g/mol. The van der Waals surface area contributed by atoms with Crippen LogP contribution in [-0.4, -0.2) is 22.4 Å². The minimum atomic E-state index is -1.41. The van der Waals surface area contributed by atoms with E-state index in [-0.39, 0.29) is 17.5 Å². The predicted molar refractivity (Wildman–Crippen MR) is 87.6 cm³/mol. The summed E-state index contributed by atoms with van der Waals surface area (Å²) in [7, 11) is 0.254. The van der Waals surface area contributed by atoms with Crippen molar-refractivity contribution in [3.8, 4) is 0 Å². The van der Waals surface area contributed by atoms with Crippen molar-refractivity contribution in [3.63, 3.8) is 0 Å². The molecular weight excluding hydrogens is 301 g/mol. The number of hydrogen-bond donors (Lipinski definition) is 0. The van der Waals surface area contributed by atoms with E-state index in [4.69, 9.17) is 0 Å². The van der Waals surface area contributed by atoms with E-state index in [9.17, 15) is 13.4 Å². The van der Waals surface area contributed by atoms with E-state index < -0.39 is 16.0 Å². The number of halogens is 1. The summed E-state index contributed by atoms with van der Waals surface area (Å²) in [5, 5.41) is -0.659. The maximum Gasteiger partial charge on any atom is 0.242 e. The number of benzene rings is 2. The van der Waals surface area contributed by atoms with Gasteiger partial charge in [0.1, 0.15) is 11.1 Å². The molecule has 2 aromatic carbocycles. The molecular formula is C17H18FNO2S. The van der Waals surface area contributed by atoms with Crippen LogP contribution in [0.4, 0.5) is 10.1 Å². The van der Waals surface area contributed by atoms with Crippen molar-refractivity contribution >= 4 is 22.4 Å². The second-order valence-electron chi connectivity index (χ2n) is 5.03. The molecule has 0 N–H and O–H groups in total. The normalized spacial score (nSPS) is 13.4. The highest BCUT2D eigenvalue weighted by atomic mass is 32.2. The fraction of sp³-hybridized carbons (Fsp3) is 0.235. The molecule has 2 rings (SSSR count). The summed E-state index contributed by atoms with van der Waals surface area (Å²) in [6.45, 7) is 1.64. The molecule has 22 heavy (non-hydrogen) atoms. The Bertz CT molecular complexity index is 675. The van der Waals surface area contributed by atoms with Crippen molar-refractivity contribution in [1.29, 1.82) is 0 Å². The van der Waals surface area contributed by atoms with Crippen LogP contribution in [0.15, 0.2) is 54.6 Å². The average Bonchev–Trinajstić information content (AvgIpc) is 2.53. The molecule has 1 amide bonds. The molecule has 0 aliphatic carbocycles. The Morgan fingerprint density at radius 3 is 2.50 bits per heavy atom. The van der Waals surface area contributed by atoms with Gasteiger partial charge in [-0.15, -0.1) is 0 Å². The SMILES string of the molecule is C[C@H](C(=O)N(C)c1ccccc1)[S@](=O)Cc1cccc(F)c1. The smallest absolute Gasteiger partial charge is 0.242 e. The van der Waals surface area contributed by atoms with Crippen molar-refractivity contribution in [1.82, 2.24) is 0 Å². The van der Waals surface area contributed by atoms with E-state index in [1.54, 1.807) is 26.1 Å². The summed E-state index contributed by atoms with van der Waals surface area (Å²) in [5.74, 6) is -0.427. The van der Waals surface area contributed by atoms with Gasteiger partial charge in [0.25, 0.3) is 0 Å². The molecule has 3 nitrogen and oxygen atoms in total. The summed E-state index contributed by atoms with van der Waals surface area (Å²) in [5.41, 5.74) is 1.38. The van der Waals surface area contributed by atoms with Gasteiger partial charge in [-0.1, -0.05) is 30.3 Å². The molecule has 0 aliphatic rings. The summed E-state index contributed by atoms with van der Waals surface area (Å²) in [6, 6.07) is 15.2. The van der Waals surface area contributed by atoms with E-state index in [1.807, 2.05) is 30.3 Å². The molecule has 0 saturated heterocycles. The van der Waals surface area contributed by atoms with Crippen molar-refractivity contribution < 1.29 is 13.4 Å². The van der Waals surface area contributed by atoms with Gasteiger partial charge in [-0.25, -0.2) is 4.39 Å². The van der Waals surface area contributed by atoms with Crippen LogP contribution in [0, 0.1) is 5.82 Å². The lowest BCUT2D eigenvalue weighted by Gasteiger charge is -2.21. The summed E-state index contributed by atoms with van der Waals surface area (Å²) >= 11 is 0. The molecule has 0 spiro atoms. The third kappa shape index (κ3) is 4.01. The van der Waals surface area contributed by atoms with E-state index in [1.165, 1.54) is 17.0 Å². The Morgan fingerprint density at radius 1 is 1.18 bits per heavy atom. The van der Waals surface area contributed by atoms with Gasteiger partial charge >= 0.3 is 0 Å². The number of para-hydroxylation sites is 1. The molecule has 0 unspecified atom stereocenters. The fourth-order valence-electron chi connectivity index (χ4n) is 2.08. The molecule has 0 aromatic heterocycles. The van der Waals surface area contributed by atoms with Gasteiger partial charge in [0.05, 0.1) is 0 Å². The molecule has 2 atom stereocenters. The summed E-state index contributed by atoms with van der Waals surface area (Å²) in [4.78, 5) is 13.9. The Hall–Kier alpha value is -2.01. The highest BCUT2D eigenvalue weighted by molar-refractivity contribution is 7.85. The quantitative estimate of drug-likeness (QED) is 0.849. The number of anilines is 1. The van der Waals surface area contributed by atoms with Crippen molar-refractivity contribution in [2.75, 3.05) is 11.9 Å². The van der Waals surface area contributed by atoms with Gasteiger partial charge in [-0.2, -0.15) is 0 Å². The predicted octanol–water partition coefficient (Wildman–Crippen LogP) is 3.13. The minimum absolute atomic E-state index is 0.160. The van der Waals surface area contributed by atoms with Crippen molar-refractivity contribution in [2.24, 2.45) is 0 Å². The van der Waals surface area contributed by atoms with Gasteiger partial charge in [0.2, 0.25) is 5.91 Å². The number of carbonyl (C=O) groups excluding carboxylic acids is 1. The molecule has 0 fully saturated rings. The van der Waals surface area contributed by atoms with Crippen molar-refractivity contribution in [3.05, 3.63) is 66.0 Å². The third-order valence-electron chi connectivity index (χ3n) is 3.41. The van der Waals surface area contributed by atoms with Crippen LogP contribution in [0.2, 0.25) is 0 Å². The molecule has 0 heterocycles. The number of rotatable bonds is 5. The van der Waals surface area contributed by atoms with Crippen molar-refractivity contribution in [2.45, 2.75) is 17.9 Å². The number of carbonyl (C=O) groups is 1. The van der Waals surface area contributed by atoms with E-state index in [0.29, 0.717) is 5.56 Å². The minimum Gasteiger partial charge on any atom is -0.314 e. The van der Waals surface area contributed by atoms with Crippen LogP contribution in [-0.2, 0) is 21.3 Å². The topological polar surface area (TPSA) is 37.4 Å². The van der Waals surface area contributed by atoms with Gasteiger partial charge in [0, 0.05) is 29.3 Å². The lowest BCUT2D eigenvalue weighted by molar-refractivity contribution is -0.117. The monoisotopic (exact) mass is 319 g/mol. The maximum absolute atomic E-state index is 13.2. The Labute approximate surface area is 132 Å². The molecule has 0 radical (unpaired) electrons. The highest BCUT2D eigenvalue weighted by Crippen LogP contribution is 2.16. The van der Waals surface area contributed by atoms with E-state index in [0.717, 1.165) is 5.69 Å². The molecule has 0 aliphatic heterocycles. The van der Waals surface area contributed by atoms with Crippen LogP contribution in [0.5, 0.6) is 0 Å². The Morgan fingerprint density at radius 2 is 1.86 bits per heavy atom. The van der Waals surface area contributed by atoms with Gasteiger partial charge in [-0.05, 0) is 36.8 Å². The van der Waals surface area contributed by atoms with E-state index >= 15 is 0 Å². The zero-order valence-corrected chi connectivity index (χ0v) is 13.3. The summed E-state index contributed by atoms with van der Waals surface area (Å²) in [6.07, 6.45) is 0. The van der Waals surface area contributed by atoms with Gasteiger partial charge in [0.15, 0.2) is 0 Å². The lowest BCUT2D eigenvalue weighted by atomic mass is 10.2. The summed E-state index contributed by atoms with van der Waals surface area (Å²) < 4.78 is 25.5. The molecule has 0 bridgehead atoms. The van der Waals surface area contributed by atoms with Gasteiger partial charge < -0.3 is 4.90 Å². The van der Waals surface area contributed by atoms with Crippen LogP contribution in [0.25, 0.3) is 0 Å². The maximum atomic E-state index is 13.2. The lowest BCUT2D eigenvalue weighted by Crippen LogP contribution is -2.37. The fourth-order valence-corrected chi connectivity index (χ4v) is 3.22. The number of nitrogens with zero attached hydrogens (tertiary/aromatic N) is 1. The van der Waals surface area contributed by atoms with E-state index in [2.05, 4.69) is 0 Å². The first kappa shape index (κ1) is 16.4. The Balaban J connectivity index is 2.05. The number of hydrogen-bond acceptors (Lipinski definition) is 2. The molecule has 116 valence electrons. The van der Waals surface area contributed by atoms with Crippen LogP contribution < -0.4 is 4.90 Å².